The van der Waals surface area contributed by atoms with E-state index in [4.69, 9.17) is 21.3 Å². The number of carboxylic acid groups (broad SMARTS) is 2. The second kappa shape index (κ2) is 13.1. The van der Waals surface area contributed by atoms with Gasteiger partial charge in [-0.1, -0.05) is 6.07 Å². The maximum atomic E-state index is 13.3. The summed E-state index contributed by atoms with van der Waals surface area (Å²) in [5.74, 6) is -3.20. The maximum absolute atomic E-state index is 13.3. The highest BCUT2D eigenvalue weighted by molar-refractivity contribution is 7.12. The van der Waals surface area contributed by atoms with Gasteiger partial charge in [0.1, 0.15) is 17.2 Å². The second-order valence-corrected chi connectivity index (χ2v) is 9.97. The molecule has 1 aliphatic rings. The number of carbonyl (C=O) groups excluding carboxylic acids is 2. The van der Waals surface area contributed by atoms with E-state index in [1.807, 2.05) is 0 Å². The zero-order valence-electron chi connectivity index (χ0n) is 21.1. The fraction of sp³-hybridized carbons (Fsp3) is 0.222. The summed E-state index contributed by atoms with van der Waals surface area (Å²) in [7, 11) is 0. The Hall–Kier alpha value is -4.42. The first-order valence-electron chi connectivity index (χ1n) is 11.9. The van der Waals surface area contributed by atoms with Crippen LogP contribution >= 0.6 is 23.7 Å². The monoisotopic (exact) mass is 586 g/mol. The van der Waals surface area contributed by atoms with E-state index in [1.54, 1.807) is 47.8 Å². The number of esters is 1. The van der Waals surface area contributed by atoms with Crippen molar-refractivity contribution in [1.82, 2.24) is 4.90 Å². The Balaban J connectivity index is 0.00000441. The molecular weight excluding hydrogens is 560 g/mol. The number of rotatable bonds is 9. The Labute approximate surface area is 239 Å². The molecule has 0 fully saturated rings. The van der Waals surface area contributed by atoms with E-state index < -0.39 is 30.4 Å². The van der Waals surface area contributed by atoms with Crippen LogP contribution in [0.4, 0.5) is 5.69 Å². The first kappa shape index (κ1) is 30.1. The van der Waals surface area contributed by atoms with Crippen LogP contribution in [-0.4, -0.2) is 51.4 Å². The first-order chi connectivity index (χ1) is 18.6. The number of hydrogen-bond donors (Lipinski definition) is 4. The molecule has 0 bridgehead atoms. The van der Waals surface area contributed by atoms with Crippen LogP contribution in [0.25, 0.3) is 0 Å². The number of fused-ring (bicyclic) bond motifs is 1. The molecule has 40 heavy (non-hydrogen) atoms. The number of aromatic carboxylic acids is 1. The normalized spacial score (nSPS) is 13.8. The van der Waals surface area contributed by atoms with Crippen LogP contribution in [0.15, 0.2) is 58.9 Å². The number of hydrogen-bond acceptors (Lipinski definition) is 7. The van der Waals surface area contributed by atoms with E-state index in [9.17, 15) is 24.3 Å². The second-order valence-electron chi connectivity index (χ2n) is 9.06. The number of guanidine groups is 1. The van der Waals surface area contributed by atoms with Gasteiger partial charge < -0.3 is 31.3 Å². The molecule has 1 atom stereocenters. The van der Waals surface area contributed by atoms with E-state index in [-0.39, 0.29) is 35.7 Å². The molecule has 13 heteroatoms. The number of aliphatic imine (C=N–C) groups is 1. The smallest absolute Gasteiger partial charge is 0.345 e. The van der Waals surface area contributed by atoms with Crippen molar-refractivity contribution < 1.29 is 34.1 Å². The SMILES string of the molecule is Cl.NC(N)=Nc1ccc(C(=O)Oc2ccc3c(c2)CCC(C(=O)N(CC(=O)O)Cc2csc(C(=O)O)c2)C3)cc1. The number of carbonyl (C=O) groups is 4. The molecule has 6 N–H and O–H groups in total. The molecule has 1 aromatic heterocycles. The van der Waals surface area contributed by atoms with Gasteiger partial charge in [-0.15, -0.1) is 23.7 Å². The van der Waals surface area contributed by atoms with Crippen molar-refractivity contribution in [3.05, 3.63) is 81.0 Å². The maximum Gasteiger partial charge on any atom is 0.345 e. The highest BCUT2D eigenvalue weighted by Crippen LogP contribution is 2.31. The van der Waals surface area contributed by atoms with Crippen molar-refractivity contribution in [2.75, 3.05) is 6.54 Å². The lowest BCUT2D eigenvalue weighted by Crippen LogP contribution is -2.40. The lowest BCUT2D eigenvalue weighted by molar-refractivity contribution is -0.147. The summed E-state index contributed by atoms with van der Waals surface area (Å²) in [5.41, 5.74) is 14.0. The number of aryl methyl sites for hydroxylation is 1. The number of thiophene rings is 1. The number of nitrogens with two attached hydrogens (primary N) is 2. The van der Waals surface area contributed by atoms with Crippen LogP contribution in [0.5, 0.6) is 5.75 Å². The Kier molecular flexibility index (Phi) is 9.86. The molecule has 1 aliphatic carbocycles. The number of carboxylic acids is 2. The third-order valence-corrected chi connectivity index (χ3v) is 7.17. The van der Waals surface area contributed by atoms with Crippen LogP contribution in [-0.2, 0) is 29.0 Å². The molecule has 210 valence electrons. The van der Waals surface area contributed by atoms with Gasteiger partial charge in [0.25, 0.3) is 0 Å². The molecule has 0 aliphatic heterocycles. The van der Waals surface area contributed by atoms with Crippen molar-refractivity contribution in [3.8, 4) is 5.75 Å². The third kappa shape index (κ3) is 7.58. The van der Waals surface area contributed by atoms with Gasteiger partial charge in [0.05, 0.1) is 11.3 Å². The van der Waals surface area contributed by atoms with Gasteiger partial charge in [0.2, 0.25) is 5.91 Å². The number of benzene rings is 2. The summed E-state index contributed by atoms with van der Waals surface area (Å²) in [5, 5.41) is 20.1. The van der Waals surface area contributed by atoms with Gasteiger partial charge >= 0.3 is 17.9 Å². The molecule has 0 radical (unpaired) electrons. The fourth-order valence-electron chi connectivity index (χ4n) is 4.42. The summed E-state index contributed by atoms with van der Waals surface area (Å²) in [6, 6.07) is 13.0. The van der Waals surface area contributed by atoms with E-state index in [0.717, 1.165) is 22.5 Å². The molecule has 3 aromatic rings. The number of ether oxygens (including phenoxy) is 1. The van der Waals surface area contributed by atoms with Gasteiger partial charge in [-0.05, 0) is 83.8 Å². The molecule has 1 heterocycles. The Morgan fingerprint density at radius 1 is 1.02 bits per heavy atom. The average Bonchev–Trinajstić information content (AvgIpc) is 3.36. The topological polar surface area (TPSA) is 186 Å². The Morgan fingerprint density at radius 3 is 2.38 bits per heavy atom. The van der Waals surface area contributed by atoms with E-state index >= 15 is 0 Å². The molecular formula is C27H27ClN4O7S. The van der Waals surface area contributed by atoms with Crippen LogP contribution in [0, 0.1) is 5.92 Å². The molecule has 0 saturated heterocycles. The first-order valence-corrected chi connectivity index (χ1v) is 12.8. The molecule has 4 rings (SSSR count). The Bertz CT molecular complexity index is 1450. The quantitative estimate of drug-likeness (QED) is 0.126. The highest BCUT2D eigenvalue weighted by atomic mass is 35.5. The van der Waals surface area contributed by atoms with Crippen molar-refractivity contribution in [2.24, 2.45) is 22.4 Å². The minimum absolute atomic E-state index is 0. The average molecular weight is 587 g/mol. The van der Waals surface area contributed by atoms with Crippen LogP contribution < -0.4 is 16.2 Å². The predicted molar refractivity (Wildman–Crippen MR) is 150 cm³/mol. The molecule has 0 saturated carbocycles. The fourth-order valence-corrected chi connectivity index (χ4v) is 5.16. The van der Waals surface area contributed by atoms with Crippen LogP contribution in [0.1, 0.15) is 43.1 Å². The third-order valence-electron chi connectivity index (χ3n) is 6.20. The molecule has 2 aromatic carbocycles. The number of nitrogens with zero attached hydrogens (tertiary/aromatic N) is 2. The van der Waals surface area contributed by atoms with Crippen LogP contribution in [0.2, 0.25) is 0 Å². The number of halogens is 1. The molecule has 1 unspecified atom stereocenters. The highest BCUT2D eigenvalue weighted by Gasteiger charge is 2.30. The molecule has 11 nitrogen and oxygen atoms in total. The zero-order valence-corrected chi connectivity index (χ0v) is 22.7. The van der Waals surface area contributed by atoms with E-state index in [0.29, 0.717) is 41.8 Å². The number of amides is 1. The van der Waals surface area contributed by atoms with Gasteiger partial charge in [-0.3, -0.25) is 9.59 Å². The van der Waals surface area contributed by atoms with Crippen LogP contribution in [0.3, 0.4) is 0 Å². The number of aliphatic carboxylic acids is 1. The van der Waals surface area contributed by atoms with Gasteiger partial charge in [0.15, 0.2) is 5.96 Å². The minimum atomic E-state index is -1.15. The van der Waals surface area contributed by atoms with E-state index in [2.05, 4.69) is 4.99 Å². The lowest BCUT2D eigenvalue weighted by Gasteiger charge is -2.29. The van der Waals surface area contributed by atoms with Gasteiger partial charge in [0, 0.05) is 12.5 Å². The standard InChI is InChI=1S/C27H26N4O7S.ClH/c28-27(29)30-20-6-3-16(4-7-20)26(37)38-21-8-5-17-10-19(2-1-18(17)11-21)24(34)31(13-23(32)33)12-15-9-22(25(35)36)39-14-15;/h3-9,11,14,19H,1-2,10,12-13H2,(H,32,33)(H,35,36)(H4,28,29,30);1H. The summed E-state index contributed by atoms with van der Waals surface area (Å²) < 4.78 is 5.52. The van der Waals surface area contributed by atoms with Gasteiger partial charge in [-0.25, -0.2) is 14.6 Å². The van der Waals surface area contributed by atoms with Crippen molar-refractivity contribution >= 4 is 59.2 Å². The lowest BCUT2D eigenvalue weighted by atomic mass is 9.83. The molecule has 0 spiro atoms. The summed E-state index contributed by atoms with van der Waals surface area (Å²) in [6.07, 6.45) is 1.46. The van der Waals surface area contributed by atoms with Gasteiger partial charge in [-0.2, -0.15) is 0 Å². The van der Waals surface area contributed by atoms with Crippen molar-refractivity contribution in [1.29, 1.82) is 0 Å². The largest absolute Gasteiger partial charge is 0.480 e. The predicted octanol–water partition coefficient (Wildman–Crippen LogP) is 3.21. The van der Waals surface area contributed by atoms with Crippen molar-refractivity contribution in [3.63, 3.8) is 0 Å². The summed E-state index contributed by atoms with van der Waals surface area (Å²) >= 11 is 1.03. The van der Waals surface area contributed by atoms with E-state index in [1.165, 1.54) is 11.0 Å². The minimum Gasteiger partial charge on any atom is -0.480 e. The summed E-state index contributed by atoms with van der Waals surface area (Å²) in [4.78, 5) is 53.8. The Morgan fingerprint density at radius 2 is 1.75 bits per heavy atom. The molecule has 1 amide bonds. The summed E-state index contributed by atoms with van der Waals surface area (Å²) in [6.45, 7) is -0.470. The van der Waals surface area contributed by atoms with Crippen molar-refractivity contribution in [2.45, 2.75) is 25.8 Å². The zero-order chi connectivity index (χ0) is 28.1.